The monoisotopic (exact) mass is 248 g/mol. The second kappa shape index (κ2) is 3.21. The van der Waals surface area contributed by atoms with Gasteiger partial charge in [0, 0.05) is 21.1 Å². The Hall–Kier alpha value is -1.08. The molecule has 0 N–H and O–H groups in total. The van der Waals surface area contributed by atoms with E-state index < -0.39 is 11.2 Å². The molecule has 0 saturated carbocycles. The molecule has 8 heteroatoms. The van der Waals surface area contributed by atoms with Crippen molar-refractivity contribution in [3.8, 4) is 0 Å². The minimum atomic E-state index is -1.53. The van der Waals surface area contributed by atoms with Crippen LogP contribution in [0.3, 0.4) is 0 Å². The van der Waals surface area contributed by atoms with Crippen LogP contribution in [0.2, 0.25) is 5.28 Å². The number of hydrogen-bond acceptors (Lipinski definition) is 3. The van der Waals surface area contributed by atoms with Crippen LogP contribution in [0, 0.1) is 0 Å². The van der Waals surface area contributed by atoms with E-state index in [2.05, 4.69) is 4.98 Å². The van der Waals surface area contributed by atoms with Gasteiger partial charge in [-0.2, -0.15) is 4.98 Å². The third-order valence-corrected chi connectivity index (χ3v) is 3.89. The fourth-order valence-corrected chi connectivity index (χ4v) is 2.43. The van der Waals surface area contributed by atoms with E-state index in [1.165, 1.54) is 15.9 Å². The standard InChI is InChI=1S/C7H9ClN4O2S/c1-10-4-5(9-7(10)8)11(2)15(14)12(3)6(4)13/h1-3H3. The van der Waals surface area contributed by atoms with Crippen molar-refractivity contribution in [1.82, 2.24) is 13.9 Å². The fraction of sp³-hybridized carbons (Fsp3) is 0.429. The van der Waals surface area contributed by atoms with Crippen molar-refractivity contribution in [2.45, 2.75) is 0 Å². The number of carbonyl (C=O) groups excluding carboxylic acids is 1. The molecule has 1 atom stereocenters. The molecule has 2 heterocycles. The molecule has 1 amide bonds. The van der Waals surface area contributed by atoms with Crippen LogP contribution in [-0.4, -0.2) is 38.1 Å². The molecular weight excluding hydrogens is 240 g/mol. The van der Waals surface area contributed by atoms with Crippen molar-refractivity contribution in [2.75, 3.05) is 18.4 Å². The molecule has 0 spiro atoms. The maximum Gasteiger partial charge on any atom is 0.287 e. The molecule has 15 heavy (non-hydrogen) atoms. The van der Waals surface area contributed by atoms with Crippen LogP contribution in [0.15, 0.2) is 0 Å². The highest BCUT2D eigenvalue weighted by atomic mass is 35.5. The lowest BCUT2D eigenvalue weighted by molar-refractivity contribution is 0.0876. The molecule has 1 aliphatic heterocycles. The Morgan fingerprint density at radius 3 is 2.47 bits per heavy atom. The predicted molar refractivity (Wildman–Crippen MR) is 56.9 cm³/mol. The van der Waals surface area contributed by atoms with Crippen molar-refractivity contribution in [1.29, 1.82) is 0 Å². The minimum Gasteiger partial charge on any atom is -0.312 e. The first kappa shape index (κ1) is 10.4. The summed E-state index contributed by atoms with van der Waals surface area (Å²) in [5.74, 6) is 0.00673. The number of aromatic nitrogens is 2. The zero-order valence-electron chi connectivity index (χ0n) is 8.39. The first-order valence-corrected chi connectivity index (χ1v) is 5.55. The molecule has 1 aromatic rings. The molecule has 1 unspecified atom stereocenters. The van der Waals surface area contributed by atoms with E-state index in [1.54, 1.807) is 14.1 Å². The Balaban J connectivity index is 2.69. The smallest absolute Gasteiger partial charge is 0.287 e. The fourth-order valence-electron chi connectivity index (χ4n) is 1.39. The number of anilines is 1. The third kappa shape index (κ3) is 1.26. The number of nitrogens with zero attached hydrogens (tertiary/aromatic N) is 4. The Bertz CT molecular complexity index is 472. The predicted octanol–water partition coefficient (Wildman–Crippen LogP) is 0.174. The van der Waals surface area contributed by atoms with Gasteiger partial charge in [0.05, 0.1) is 0 Å². The van der Waals surface area contributed by atoms with Gasteiger partial charge in [0.2, 0.25) is 16.5 Å². The van der Waals surface area contributed by atoms with Crippen LogP contribution in [0.1, 0.15) is 10.5 Å². The first-order chi connectivity index (χ1) is 6.95. The lowest BCUT2D eigenvalue weighted by Crippen LogP contribution is -2.43. The third-order valence-electron chi connectivity index (χ3n) is 2.28. The van der Waals surface area contributed by atoms with Crippen LogP contribution in [0.5, 0.6) is 0 Å². The van der Waals surface area contributed by atoms with Gasteiger partial charge in [0.15, 0.2) is 11.5 Å². The summed E-state index contributed by atoms with van der Waals surface area (Å²) in [6, 6.07) is 0. The zero-order valence-corrected chi connectivity index (χ0v) is 9.96. The second-order valence-electron chi connectivity index (χ2n) is 3.14. The van der Waals surface area contributed by atoms with E-state index in [0.29, 0.717) is 11.5 Å². The molecule has 6 nitrogen and oxygen atoms in total. The summed E-state index contributed by atoms with van der Waals surface area (Å²) in [4.78, 5) is 15.8. The number of imidazole rings is 1. The average Bonchev–Trinajstić information content (AvgIpc) is 2.50. The van der Waals surface area contributed by atoms with E-state index in [4.69, 9.17) is 11.6 Å². The van der Waals surface area contributed by atoms with Crippen LogP contribution < -0.4 is 4.31 Å². The number of rotatable bonds is 0. The van der Waals surface area contributed by atoms with Gasteiger partial charge in [-0.15, -0.1) is 0 Å². The van der Waals surface area contributed by atoms with Gasteiger partial charge in [0.25, 0.3) is 5.91 Å². The van der Waals surface area contributed by atoms with Crippen LogP contribution >= 0.6 is 11.6 Å². The topological polar surface area (TPSA) is 58.4 Å². The molecule has 0 aliphatic carbocycles. The number of hydrogen-bond donors (Lipinski definition) is 0. The molecule has 2 rings (SSSR count). The summed E-state index contributed by atoms with van der Waals surface area (Å²) < 4.78 is 15.7. The van der Waals surface area contributed by atoms with Gasteiger partial charge < -0.3 is 4.57 Å². The average molecular weight is 249 g/mol. The Labute approximate surface area is 94.2 Å². The summed E-state index contributed by atoms with van der Waals surface area (Å²) in [5.41, 5.74) is 0.351. The van der Waals surface area contributed by atoms with E-state index in [-0.39, 0.29) is 11.2 Å². The van der Waals surface area contributed by atoms with Crippen LogP contribution in [0.25, 0.3) is 0 Å². The van der Waals surface area contributed by atoms with E-state index in [1.807, 2.05) is 0 Å². The molecular formula is C7H9ClN4O2S. The van der Waals surface area contributed by atoms with Gasteiger partial charge >= 0.3 is 0 Å². The summed E-state index contributed by atoms with van der Waals surface area (Å²) in [6.07, 6.45) is 0. The van der Waals surface area contributed by atoms with Crippen molar-refractivity contribution >= 4 is 34.5 Å². The van der Waals surface area contributed by atoms with Gasteiger partial charge in [0.1, 0.15) is 0 Å². The zero-order chi connectivity index (χ0) is 11.3. The molecule has 1 aliphatic rings. The number of carbonyl (C=O) groups is 1. The largest absolute Gasteiger partial charge is 0.312 e. The quantitative estimate of drug-likeness (QED) is 0.658. The Kier molecular flexibility index (Phi) is 2.23. The SMILES string of the molecule is CN1C(=O)c2c(nc(Cl)n2C)N(C)S1=O. The summed E-state index contributed by atoms with van der Waals surface area (Å²) in [5, 5.41) is 0.201. The first-order valence-electron chi connectivity index (χ1n) is 4.11. The van der Waals surface area contributed by atoms with Crippen molar-refractivity contribution in [3.63, 3.8) is 0 Å². The summed E-state index contributed by atoms with van der Waals surface area (Å²) in [6.45, 7) is 0. The molecule has 0 aromatic carbocycles. The lowest BCUT2D eigenvalue weighted by Gasteiger charge is -2.28. The van der Waals surface area contributed by atoms with Gasteiger partial charge in [-0.05, 0) is 11.6 Å². The Morgan fingerprint density at radius 2 is 1.87 bits per heavy atom. The second-order valence-corrected chi connectivity index (χ2v) is 5.04. The maximum absolute atomic E-state index is 11.8. The molecule has 0 saturated heterocycles. The Morgan fingerprint density at radius 1 is 1.27 bits per heavy atom. The minimum absolute atomic E-state index is 0.201. The van der Waals surface area contributed by atoms with Crippen molar-refractivity contribution < 1.29 is 9.00 Å². The molecule has 0 bridgehead atoms. The van der Waals surface area contributed by atoms with E-state index in [9.17, 15) is 9.00 Å². The number of fused-ring (bicyclic) bond motifs is 1. The summed E-state index contributed by atoms with van der Waals surface area (Å²) >= 11 is 4.27. The number of amides is 1. The molecule has 82 valence electrons. The maximum atomic E-state index is 11.8. The van der Waals surface area contributed by atoms with Crippen LogP contribution in [-0.2, 0) is 18.2 Å². The normalized spacial score (nSPS) is 20.8. The van der Waals surface area contributed by atoms with Crippen molar-refractivity contribution in [2.24, 2.45) is 7.05 Å². The van der Waals surface area contributed by atoms with Crippen molar-refractivity contribution in [3.05, 3.63) is 11.0 Å². The highest BCUT2D eigenvalue weighted by Gasteiger charge is 2.36. The molecule has 1 aromatic heterocycles. The summed E-state index contributed by atoms with van der Waals surface area (Å²) in [7, 11) is 4.71. The lowest BCUT2D eigenvalue weighted by atomic mass is 10.4. The molecule has 0 fully saturated rings. The van der Waals surface area contributed by atoms with Gasteiger partial charge in [-0.25, -0.2) is 8.51 Å². The highest BCUT2D eigenvalue weighted by Crippen LogP contribution is 2.29. The van der Waals surface area contributed by atoms with Gasteiger partial charge in [-0.1, -0.05) is 0 Å². The number of halogens is 1. The molecule has 0 radical (unpaired) electrons. The van der Waals surface area contributed by atoms with E-state index >= 15 is 0 Å². The van der Waals surface area contributed by atoms with E-state index in [0.717, 1.165) is 4.31 Å². The van der Waals surface area contributed by atoms with Gasteiger partial charge in [-0.3, -0.25) is 9.10 Å². The van der Waals surface area contributed by atoms with Crippen LogP contribution in [0.4, 0.5) is 5.82 Å². The highest BCUT2D eigenvalue weighted by molar-refractivity contribution is 7.84.